The summed E-state index contributed by atoms with van der Waals surface area (Å²) in [6, 6.07) is 0.194. The highest BCUT2D eigenvalue weighted by Gasteiger charge is 2.30. The Kier molecular flexibility index (Phi) is 4.99. The first-order chi connectivity index (χ1) is 11.6. The second-order valence-electron chi connectivity index (χ2n) is 6.32. The number of carbonyl (C=O) groups excluding carboxylic acids is 1. The van der Waals surface area contributed by atoms with E-state index in [4.69, 9.17) is 4.42 Å². The van der Waals surface area contributed by atoms with Crippen molar-refractivity contribution in [1.82, 2.24) is 24.3 Å². The smallest absolute Gasteiger partial charge is 0.220 e. The van der Waals surface area contributed by atoms with Crippen molar-refractivity contribution in [2.75, 3.05) is 13.1 Å². The molecule has 1 aliphatic rings. The van der Waals surface area contributed by atoms with Crippen LogP contribution >= 0.6 is 0 Å². The van der Waals surface area contributed by atoms with Crippen molar-refractivity contribution in [2.45, 2.75) is 52.9 Å². The molecule has 2 aromatic rings. The monoisotopic (exact) mass is 331 g/mol. The maximum Gasteiger partial charge on any atom is 0.220 e. The van der Waals surface area contributed by atoms with Crippen LogP contribution < -0.4 is 0 Å². The predicted molar refractivity (Wildman–Crippen MR) is 89.0 cm³/mol. The molecule has 3 heterocycles. The number of hydrogen-bond acceptors (Lipinski definition) is 5. The van der Waals surface area contributed by atoms with Crippen LogP contribution in [-0.4, -0.2) is 49.4 Å². The Morgan fingerprint density at radius 3 is 2.96 bits per heavy atom. The summed E-state index contributed by atoms with van der Waals surface area (Å²) in [5.41, 5.74) is 0. The van der Waals surface area contributed by atoms with Gasteiger partial charge in [-0.1, -0.05) is 0 Å². The Bertz CT molecular complexity index is 693. The minimum absolute atomic E-state index is 0.0627. The average Bonchev–Trinajstić information content (AvgIpc) is 3.26. The fourth-order valence-corrected chi connectivity index (χ4v) is 3.31. The van der Waals surface area contributed by atoms with Gasteiger partial charge in [0, 0.05) is 45.0 Å². The molecular formula is C17H25N5O2. The fourth-order valence-electron chi connectivity index (χ4n) is 3.31. The molecule has 24 heavy (non-hydrogen) atoms. The van der Waals surface area contributed by atoms with Crippen molar-refractivity contribution in [3.05, 3.63) is 36.1 Å². The summed E-state index contributed by atoms with van der Waals surface area (Å²) < 4.78 is 7.69. The van der Waals surface area contributed by atoms with E-state index < -0.39 is 0 Å². The first-order valence-corrected chi connectivity index (χ1v) is 8.47. The highest BCUT2D eigenvalue weighted by Crippen LogP contribution is 2.20. The number of hydrogen-bond donors (Lipinski definition) is 0. The quantitative estimate of drug-likeness (QED) is 0.808. The summed E-state index contributed by atoms with van der Waals surface area (Å²) in [4.78, 5) is 25.0. The third-order valence-corrected chi connectivity index (χ3v) is 4.57. The van der Waals surface area contributed by atoms with Gasteiger partial charge in [-0.3, -0.25) is 9.69 Å². The Balaban J connectivity index is 1.62. The van der Waals surface area contributed by atoms with Crippen LogP contribution in [0.2, 0.25) is 0 Å². The van der Waals surface area contributed by atoms with Gasteiger partial charge in [0.1, 0.15) is 11.6 Å². The molecule has 0 spiro atoms. The zero-order valence-corrected chi connectivity index (χ0v) is 14.6. The molecule has 1 atom stereocenters. The molecule has 0 unspecified atom stereocenters. The molecule has 130 valence electrons. The van der Waals surface area contributed by atoms with Crippen molar-refractivity contribution in [1.29, 1.82) is 0 Å². The van der Waals surface area contributed by atoms with Crippen LogP contribution in [0.25, 0.3) is 0 Å². The van der Waals surface area contributed by atoms with Gasteiger partial charge in [-0.2, -0.15) is 0 Å². The van der Waals surface area contributed by atoms with Crippen LogP contribution in [0.1, 0.15) is 37.7 Å². The standard InChI is InChI=1S/C17H25N5O2/c1-4-21-8-6-18-16(21)11-20-7-5-15(10-20)22(14(3)23)12-17-19-9-13(2)24-17/h6,8-9,15H,4-5,7,10-12H2,1-3H3/t15-/m1/s1. The average molecular weight is 331 g/mol. The van der Waals surface area contributed by atoms with Crippen molar-refractivity contribution < 1.29 is 9.21 Å². The number of oxazole rings is 1. The van der Waals surface area contributed by atoms with E-state index in [1.165, 1.54) is 0 Å². The first-order valence-electron chi connectivity index (χ1n) is 8.47. The largest absolute Gasteiger partial charge is 0.444 e. The van der Waals surface area contributed by atoms with E-state index in [9.17, 15) is 4.79 Å². The normalized spacial score (nSPS) is 18.2. The van der Waals surface area contributed by atoms with E-state index >= 15 is 0 Å². The summed E-state index contributed by atoms with van der Waals surface area (Å²) >= 11 is 0. The SMILES string of the molecule is CCn1ccnc1CN1CC[C@@H](N(Cc2ncc(C)o2)C(C)=O)C1. The number of rotatable bonds is 6. The van der Waals surface area contributed by atoms with Crippen molar-refractivity contribution >= 4 is 5.91 Å². The molecule has 0 N–H and O–H groups in total. The number of amides is 1. The lowest BCUT2D eigenvalue weighted by Gasteiger charge is -2.27. The minimum Gasteiger partial charge on any atom is -0.444 e. The van der Waals surface area contributed by atoms with Gasteiger partial charge in [-0.25, -0.2) is 9.97 Å². The lowest BCUT2D eigenvalue weighted by atomic mass is 10.2. The summed E-state index contributed by atoms with van der Waals surface area (Å²) in [5, 5.41) is 0. The molecule has 1 amide bonds. The zero-order chi connectivity index (χ0) is 17.1. The Morgan fingerprint density at radius 2 is 2.29 bits per heavy atom. The molecular weight excluding hydrogens is 306 g/mol. The maximum absolute atomic E-state index is 12.1. The molecule has 0 radical (unpaired) electrons. The molecule has 2 aromatic heterocycles. The molecule has 1 saturated heterocycles. The van der Waals surface area contributed by atoms with Gasteiger partial charge < -0.3 is 13.9 Å². The lowest BCUT2D eigenvalue weighted by Crippen LogP contribution is -2.40. The van der Waals surface area contributed by atoms with Gasteiger partial charge in [-0.15, -0.1) is 0 Å². The topological polar surface area (TPSA) is 67.4 Å². The van der Waals surface area contributed by atoms with Gasteiger partial charge in [0.25, 0.3) is 0 Å². The van der Waals surface area contributed by atoms with Crippen LogP contribution in [0.3, 0.4) is 0 Å². The molecule has 0 saturated carbocycles. The number of aromatic nitrogens is 3. The van der Waals surface area contributed by atoms with E-state index in [1.54, 1.807) is 13.1 Å². The number of likely N-dealkylation sites (tertiary alicyclic amines) is 1. The van der Waals surface area contributed by atoms with Crippen molar-refractivity contribution in [2.24, 2.45) is 0 Å². The number of imidazole rings is 1. The molecule has 1 aliphatic heterocycles. The zero-order valence-electron chi connectivity index (χ0n) is 14.6. The summed E-state index contributed by atoms with van der Waals surface area (Å²) in [5.74, 6) is 2.51. The van der Waals surface area contributed by atoms with Crippen LogP contribution in [0.5, 0.6) is 0 Å². The van der Waals surface area contributed by atoms with Crippen LogP contribution in [0.15, 0.2) is 23.0 Å². The molecule has 1 fully saturated rings. The van der Waals surface area contributed by atoms with E-state index in [-0.39, 0.29) is 11.9 Å². The van der Waals surface area contributed by atoms with E-state index in [2.05, 4.69) is 26.4 Å². The van der Waals surface area contributed by atoms with Gasteiger partial charge in [0.2, 0.25) is 11.8 Å². The molecule has 7 heteroatoms. The minimum atomic E-state index is 0.0627. The first kappa shape index (κ1) is 16.7. The van der Waals surface area contributed by atoms with Gasteiger partial charge in [0.15, 0.2) is 0 Å². The Morgan fingerprint density at radius 1 is 1.46 bits per heavy atom. The van der Waals surface area contributed by atoms with E-state index in [0.717, 1.165) is 44.2 Å². The lowest BCUT2D eigenvalue weighted by molar-refractivity contribution is -0.132. The predicted octanol–water partition coefficient (Wildman–Crippen LogP) is 1.82. The second kappa shape index (κ2) is 7.17. The van der Waals surface area contributed by atoms with Crippen LogP contribution in [0, 0.1) is 6.92 Å². The summed E-state index contributed by atoms with van der Waals surface area (Å²) in [7, 11) is 0. The Hall–Kier alpha value is -2.15. The summed E-state index contributed by atoms with van der Waals surface area (Å²) in [6.07, 6.45) is 6.51. The summed E-state index contributed by atoms with van der Waals surface area (Å²) in [6.45, 7) is 9.60. The van der Waals surface area contributed by atoms with Crippen LogP contribution in [0.4, 0.5) is 0 Å². The van der Waals surface area contributed by atoms with Gasteiger partial charge in [0.05, 0.1) is 19.3 Å². The third-order valence-electron chi connectivity index (χ3n) is 4.57. The Labute approximate surface area is 142 Å². The van der Waals surface area contributed by atoms with Crippen molar-refractivity contribution in [3.8, 4) is 0 Å². The molecule has 0 aliphatic carbocycles. The highest BCUT2D eigenvalue weighted by atomic mass is 16.4. The van der Waals surface area contributed by atoms with Gasteiger partial charge in [-0.05, 0) is 20.3 Å². The van der Waals surface area contributed by atoms with E-state index in [1.807, 2.05) is 24.2 Å². The molecule has 3 rings (SSSR count). The number of nitrogens with zero attached hydrogens (tertiary/aromatic N) is 5. The second-order valence-corrected chi connectivity index (χ2v) is 6.32. The highest BCUT2D eigenvalue weighted by molar-refractivity contribution is 5.73. The van der Waals surface area contributed by atoms with Crippen molar-refractivity contribution in [3.63, 3.8) is 0 Å². The van der Waals surface area contributed by atoms with Gasteiger partial charge >= 0.3 is 0 Å². The fraction of sp³-hybridized carbons (Fsp3) is 0.588. The third kappa shape index (κ3) is 3.67. The van der Waals surface area contributed by atoms with Crippen LogP contribution in [-0.2, 0) is 24.4 Å². The molecule has 0 aromatic carbocycles. The number of carbonyl (C=O) groups is 1. The molecule has 7 nitrogen and oxygen atoms in total. The maximum atomic E-state index is 12.1. The van der Waals surface area contributed by atoms with E-state index in [0.29, 0.717) is 12.4 Å². The molecule has 0 bridgehead atoms. The number of aryl methyl sites for hydroxylation is 2.